The Labute approximate surface area is 109 Å². The second-order valence-electron chi connectivity index (χ2n) is 4.32. The van der Waals surface area contributed by atoms with Crippen LogP contribution in [0.2, 0.25) is 0 Å². The third kappa shape index (κ3) is 2.80. The van der Waals surface area contributed by atoms with Gasteiger partial charge in [-0.15, -0.1) is 0 Å². The molecule has 0 bridgehead atoms. The van der Waals surface area contributed by atoms with Crippen molar-refractivity contribution in [1.29, 1.82) is 0 Å². The number of hydrogen-bond acceptors (Lipinski definition) is 3. The molecule has 0 aromatic carbocycles. The molecule has 2 aliphatic rings. The predicted octanol–water partition coefficient (Wildman–Crippen LogP) is 0.231. The van der Waals surface area contributed by atoms with Gasteiger partial charge in [-0.25, -0.2) is 0 Å². The summed E-state index contributed by atoms with van der Waals surface area (Å²) in [5.74, 6) is 0.0919. The van der Waals surface area contributed by atoms with Gasteiger partial charge in [-0.05, 0) is 12.8 Å². The molecule has 17 heavy (non-hydrogen) atoms. The second-order valence-corrected chi connectivity index (χ2v) is 4.88. The molecule has 0 spiro atoms. The third-order valence-electron chi connectivity index (χ3n) is 3.30. The largest absolute Gasteiger partial charge is 0.378 e. The quantitative estimate of drug-likeness (QED) is 0.686. The maximum Gasteiger partial charge on any atom is 0.245 e. The topological polar surface area (TPSA) is 49.9 Å². The van der Waals surface area contributed by atoms with Crippen molar-refractivity contribution < 1.29 is 14.3 Å². The van der Waals surface area contributed by atoms with Crippen LogP contribution in [0.15, 0.2) is 0 Å². The molecule has 0 unspecified atom stereocenters. The number of ether oxygens (including phenoxy) is 1. The molecular formula is C11H17BrN2O3. The van der Waals surface area contributed by atoms with Crippen LogP contribution in [0, 0.1) is 0 Å². The Bertz CT molecular complexity index is 305. The Morgan fingerprint density at radius 1 is 1.24 bits per heavy atom. The van der Waals surface area contributed by atoms with Crippen molar-refractivity contribution in [3.63, 3.8) is 0 Å². The normalized spacial score (nSPS) is 25.1. The van der Waals surface area contributed by atoms with Crippen molar-refractivity contribution in [3.05, 3.63) is 0 Å². The molecule has 2 fully saturated rings. The molecule has 2 rings (SSSR count). The van der Waals surface area contributed by atoms with Gasteiger partial charge < -0.3 is 14.5 Å². The summed E-state index contributed by atoms with van der Waals surface area (Å²) in [4.78, 5) is 27.5. The van der Waals surface area contributed by atoms with E-state index in [1.807, 2.05) is 4.90 Å². The number of nitrogens with zero attached hydrogens (tertiary/aromatic N) is 2. The first-order chi connectivity index (χ1) is 8.24. The Morgan fingerprint density at radius 3 is 2.59 bits per heavy atom. The van der Waals surface area contributed by atoms with E-state index in [1.165, 1.54) is 0 Å². The molecule has 2 aliphatic heterocycles. The van der Waals surface area contributed by atoms with Crippen LogP contribution >= 0.6 is 15.9 Å². The summed E-state index contributed by atoms with van der Waals surface area (Å²) in [7, 11) is 0. The maximum atomic E-state index is 12.3. The van der Waals surface area contributed by atoms with E-state index in [0.29, 0.717) is 38.2 Å². The summed E-state index contributed by atoms with van der Waals surface area (Å²) in [6.07, 6.45) is 1.70. The molecule has 5 nitrogen and oxygen atoms in total. The van der Waals surface area contributed by atoms with E-state index in [-0.39, 0.29) is 17.9 Å². The minimum Gasteiger partial charge on any atom is -0.378 e. The minimum absolute atomic E-state index is 0.00843. The molecule has 0 saturated carbocycles. The monoisotopic (exact) mass is 304 g/mol. The maximum absolute atomic E-state index is 12.3. The number of carbonyl (C=O) groups excluding carboxylic acids is 2. The van der Waals surface area contributed by atoms with Crippen molar-refractivity contribution in [1.82, 2.24) is 9.80 Å². The fourth-order valence-corrected chi connectivity index (χ4v) is 2.72. The molecule has 2 saturated heterocycles. The van der Waals surface area contributed by atoms with Crippen LogP contribution in [0.3, 0.4) is 0 Å². The van der Waals surface area contributed by atoms with Gasteiger partial charge in [0.2, 0.25) is 11.8 Å². The van der Waals surface area contributed by atoms with Crippen molar-refractivity contribution in [2.24, 2.45) is 0 Å². The van der Waals surface area contributed by atoms with E-state index in [0.717, 1.165) is 12.8 Å². The lowest BCUT2D eigenvalue weighted by molar-refractivity contribution is -0.145. The predicted molar refractivity (Wildman–Crippen MR) is 65.9 cm³/mol. The first-order valence-electron chi connectivity index (χ1n) is 5.96. The average molecular weight is 305 g/mol. The van der Waals surface area contributed by atoms with Crippen LogP contribution in [-0.2, 0) is 14.3 Å². The molecule has 0 radical (unpaired) electrons. The molecule has 0 N–H and O–H groups in total. The average Bonchev–Trinajstić information content (AvgIpc) is 2.87. The molecule has 1 atom stereocenters. The van der Waals surface area contributed by atoms with Gasteiger partial charge in [0.25, 0.3) is 0 Å². The van der Waals surface area contributed by atoms with Crippen LogP contribution < -0.4 is 0 Å². The van der Waals surface area contributed by atoms with Gasteiger partial charge in [0.15, 0.2) is 0 Å². The molecule has 0 aromatic heterocycles. The number of hydrogen-bond donors (Lipinski definition) is 0. The molecule has 0 aromatic rings. The fraction of sp³-hybridized carbons (Fsp3) is 0.818. The number of halogens is 1. The number of rotatable bonds is 2. The Balaban J connectivity index is 1.99. The number of morpholine rings is 1. The highest BCUT2D eigenvalue weighted by atomic mass is 79.9. The zero-order chi connectivity index (χ0) is 12.3. The van der Waals surface area contributed by atoms with Crippen molar-refractivity contribution in [2.75, 3.05) is 38.2 Å². The summed E-state index contributed by atoms with van der Waals surface area (Å²) in [5, 5.41) is 0.292. The summed E-state index contributed by atoms with van der Waals surface area (Å²) < 4.78 is 5.23. The van der Waals surface area contributed by atoms with Gasteiger partial charge in [-0.3, -0.25) is 9.59 Å². The minimum atomic E-state index is -0.252. The van der Waals surface area contributed by atoms with Crippen molar-refractivity contribution >= 4 is 27.7 Å². The molecule has 2 amide bonds. The summed E-state index contributed by atoms with van der Waals surface area (Å²) in [5.41, 5.74) is 0. The van der Waals surface area contributed by atoms with Crippen LogP contribution in [-0.4, -0.2) is 65.8 Å². The Kier molecular flexibility index (Phi) is 4.39. The third-order valence-corrected chi connectivity index (χ3v) is 3.77. The number of carbonyl (C=O) groups is 2. The zero-order valence-electron chi connectivity index (χ0n) is 9.73. The van der Waals surface area contributed by atoms with Crippen LogP contribution in [0.1, 0.15) is 12.8 Å². The first-order valence-corrected chi connectivity index (χ1v) is 7.08. The standard InChI is InChI=1S/C11H17BrN2O3/c12-8-10(15)14-3-1-2-9(14)11(16)13-4-6-17-7-5-13/h9H,1-8H2/t9-/m0/s1. The van der Waals surface area contributed by atoms with E-state index in [1.54, 1.807) is 4.90 Å². The van der Waals surface area contributed by atoms with Crippen molar-refractivity contribution in [2.45, 2.75) is 18.9 Å². The molecule has 2 heterocycles. The zero-order valence-corrected chi connectivity index (χ0v) is 11.3. The molecule has 96 valence electrons. The van der Waals surface area contributed by atoms with Gasteiger partial charge in [0.1, 0.15) is 6.04 Å². The van der Waals surface area contributed by atoms with E-state index in [9.17, 15) is 9.59 Å². The van der Waals surface area contributed by atoms with E-state index in [4.69, 9.17) is 4.74 Å². The van der Waals surface area contributed by atoms with Gasteiger partial charge in [0.05, 0.1) is 18.5 Å². The van der Waals surface area contributed by atoms with E-state index < -0.39 is 0 Å². The summed E-state index contributed by atoms with van der Waals surface area (Å²) in [6.45, 7) is 3.19. The van der Waals surface area contributed by atoms with E-state index >= 15 is 0 Å². The van der Waals surface area contributed by atoms with Gasteiger partial charge in [-0.2, -0.15) is 0 Å². The SMILES string of the molecule is O=C([C@@H]1CCCN1C(=O)CBr)N1CCOCC1. The Hall–Kier alpha value is -0.620. The second kappa shape index (κ2) is 5.82. The molecule has 6 heteroatoms. The number of alkyl halides is 1. The number of likely N-dealkylation sites (tertiary alicyclic amines) is 1. The van der Waals surface area contributed by atoms with Crippen LogP contribution in [0.5, 0.6) is 0 Å². The van der Waals surface area contributed by atoms with Gasteiger partial charge in [0, 0.05) is 19.6 Å². The van der Waals surface area contributed by atoms with Crippen LogP contribution in [0.25, 0.3) is 0 Å². The van der Waals surface area contributed by atoms with Crippen LogP contribution in [0.4, 0.5) is 0 Å². The smallest absolute Gasteiger partial charge is 0.245 e. The lowest BCUT2D eigenvalue weighted by Gasteiger charge is -2.32. The highest BCUT2D eigenvalue weighted by Crippen LogP contribution is 2.20. The van der Waals surface area contributed by atoms with Gasteiger partial charge >= 0.3 is 0 Å². The fourth-order valence-electron chi connectivity index (χ4n) is 2.39. The highest BCUT2D eigenvalue weighted by Gasteiger charge is 2.36. The number of amides is 2. The summed E-state index contributed by atoms with van der Waals surface area (Å²) in [6, 6.07) is -0.252. The molecule has 0 aliphatic carbocycles. The Morgan fingerprint density at radius 2 is 1.94 bits per heavy atom. The highest BCUT2D eigenvalue weighted by molar-refractivity contribution is 9.09. The van der Waals surface area contributed by atoms with E-state index in [2.05, 4.69) is 15.9 Å². The van der Waals surface area contributed by atoms with Gasteiger partial charge in [-0.1, -0.05) is 15.9 Å². The lowest BCUT2D eigenvalue weighted by Crippen LogP contribution is -2.51. The lowest BCUT2D eigenvalue weighted by atomic mass is 10.2. The molecular weight excluding hydrogens is 288 g/mol. The summed E-state index contributed by atoms with van der Waals surface area (Å²) >= 11 is 3.16. The van der Waals surface area contributed by atoms with Crippen molar-refractivity contribution in [3.8, 4) is 0 Å². The first kappa shape index (κ1) is 12.8.